The third kappa shape index (κ3) is 2.77. The minimum absolute atomic E-state index is 0.00369. The highest BCUT2D eigenvalue weighted by Crippen LogP contribution is 2.15. The van der Waals surface area contributed by atoms with E-state index in [0.717, 1.165) is 16.8 Å². The summed E-state index contributed by atoms with van der Waals surface area (Å²) in [5.74, 6) is 0.00369. The summed E-state index contributed by atoms with van der Waals surface area (Å²) in [4.78, 5) is 12.5. The predicted molar refractivity (Wildman–Crippen MR) is 82.9 cm³/mol. The Morgan fingerprint density at radius 3 is 2.29 bits per heavy atom. The van der Waals surface area contributed by atoms with Crippen molar-refractivity contribution in [2.24, 2.45) is 0 Å². The Labute approximate surface area is 123 Å². The van der Waals surface area contributed by atoms with Gasteiger partial charge in [0.25, 0.3) is 0 Å². The van der Waals surface area contributed by atoms with E-state index in [4.69, 9.17) is 0 Å². The average molecular weight is 276 g/mol. The van der Waals surface area contributed by atoms with Gasteiger partial charge >= 0.3 is 0 Å². The van der Waals surface area contributed by atoms with Crippen LogP contribution in [0.15, 0.2) is 60.9 Å². The first-order valence-corrected chi connectivity index (χ1v) is 6.86. The number of ketones is 1. The molecule has 0 atom stereocenters. The van der Waals surface area contributed by atoms with E-state index in [0.29, 0.717) is 11.1 Å². The molecule has 0 amide bonds. The smallest absolute Gasteiger partial charge is 0.196 e. The van der Waals surface area contributed by atoms with Crippen LogP contribution in [0.3, 0.4) is 0 Å². The molecule has 1 heterocycles. The number of para-hydroxylation sites is 1. The molecule has 3 heteroatoms. The summed E-state index contributed by atoms with van der Waals surface area (Å²) >= 11 is 0. The van der Waals surface area contributed by atoms with Crippen molar-refractivity contribution in [2.75, 3.05) is 0 Å². The molecule has 104 valence electrons. The van der Waals surface area contributed by atoms with Crippen LogP contribution >= 0.6 is 0 Å². The fourth-order valence-corrected chi connectivity index (χ4v) is 2.43. The summed E-state index contributed by atoms with van der Waals surface area (Å²) in [5.41, 5.74) is 4.43. The number of hydrogen-bond acceptors (Lipinski definition) is 2. The molecule has 1 aromatic heterocycles. The van der Waals surface area contributed by atoms with Gasteiger partial charge in [-0.05, 0) is 38.1 Å². The van der Waals surface area contributed by atoms with Gasteiger partial charge in [-0.15, -0.1) is 0 Å². The summed E-state index contributed by atoms with van der Waals surface area (Å²) in [6, 6.07) is 15.6. The van der Waals surface area contributed by atoms with Crippen molar-refractivity contribution in [2.45, 2.75) is 13.8 Å². The molecule has 21 heavy (non-hydrogen) atoms. The lowest BCUT2D eigenvalue weighted by molar-refractivity contribution is 0.103. The van der Waals surface area contributed by atoms with E-state index in [1.165, 1.54) is 0 Å². The van der Waals surface area contributed by atoms with Crippen LogP contribution in [0.4, 0.5) is 0 Å². The molecule has 3 rings (SSSR count). The third-order valence-electron chi connectivity index (χ3n) is 3.35. The number of benzene rings is 2. The van der Waals surface area contributed by atoms with Crippen LogP contribution in [-0.2, 0) is 0 Å². The lowest BCUT2D eigenvalue weighted by atomic mass is 10.0. The topological polar surface area (TPSA) is 34.9 Å². The van der Waals surface area contributed by atoms with Gasteiger partial charge in [-0.3, -0.25) is 4.79 Å². The molecule has 0 saturated carbocycles. The molecule has 2 aromatic carbocycles. The van der Waals surface area contributed by atoms with E-state index in [9.17, 15) is 4.79 Å². The Balaban J connectivity index is 1.94. The lowest BCUT2D eigenvalue weighted by Gasteiger charge is -2.02. The van der Waals surface area contributed by atoms with Crippen LogP contribution in [0.2, 0.25) is 0 Å². The van der Waals surface area contributed by atoms with Gasteiger partial charge in [0, 0.05) is 11.8 Å². The normalized spacial score (nSPS) is 10.6. The van der Waals surface area contributed by atoms with Crippen molar-refractivity contribution in [3.05, 3.63) is 83.2 Å². The lowest BCUT2D eigenvalue weighted by Crippen LogP contribution is -2.01. The van der Waals surface area contributed by atoms with E-state index in [-0.39, 0.29) is 5.78 Å². The van der Waals surface area contributed by atoms with E-state index >= 15 is 0 Å². The molecule has 0 bridgehead atoms. The van der Waals surface area contributed by atoms with Crippen molar-refractivity contribution in [1.29, 1.82) is 0 Å². The molecule has 0 unspecified atom stereocenters. The van der Waals surface area contributed by atoms with Crippen LogP contribution in [0.1, 0.15) is 27.0 Å². The number of hydrogen-bond donors (Lipinski definition) is 0. The standard InChI is InChI=1S/C18H16N2O/c1-13-8-14(2)10-15(9-13)18(21)16-11-19-20(12-16)17-6-4-3-5-7-17/h3-12H,1-2H3. The Bertz CT molecular complexity index is 768. The summed E-state index contributed by atoms with van der Waals surface area (Å²) < 4.78 is 1.72. The second-order valence-electron chi connectivity index (χ2n) is 5.21. The number of aryl methyl sites for hydroxylation is 2. The molecule has 0 fully saturated rings. The van der Waals surface area contributed by atoms with Gasteiger partial charge in [-0.2, -0.15) is 5.10 Å². The summed E-state index contributed by atoms with van der Waals surface area (Å²) in [6.07, 6.45) is 3.39. The van der Waals surface area contributed by atoms with Gasteiger partial charge < -0.3 is 0 Å². The number of carbonyl (C=O) groups is 1. The van der Waals surface area contributed by atoms with Crippen LogP contribution in [0.5, 0.6) is 0 Å². The first-order chi connectivity index (χ1) is 10.1. The molecule has 0 aliphatic carbocycles. The van der Waals surface area contributed by atoms with Crippen molar-refractivity contribution in [3.63, 3.8) is 0 Å². The minimum Gasteiger partial charge on any atom is -0.288 e. The maximum Gasteiger partial charge on any atom is 0.196 e. The average Bonchev–Trinajstić information content (AvgIpc) is 2.96. The molecule has 3 aromatic rings. The second-order valence-corrected chi connectivity index (χ2v) is 5.21. The van der Waals surface area contributed by atoms with Gasteiger partial charge in [0.2, 0.25) is 0 Å². The predicted octanol–water partition coefficient (Wildman–Crippen LogP) is 3.72. The molecular formula is C18H16N2O. The van der Waals surface area contributed by atoms with Gasteiger partial charge in [0.15, 0.2) is 5.78 Å². The molecule has 0 N–H and O–H groups in total. The van der Waals surface area contributed by atoms with Crippen molar-refractivity contribution in [1.82, 2.24) is 9.78 Å². The van der Waals surface area contributed by atoms with Crippen LogP contribution in [-0.4, -0.2) is 15.6 Å². The number of nitrogens with zero attached hydrogens (tertiary/aromatic N) is 2. The Hall–Kier alpha value is -2.68. The summed E-state index contributed by atoms with van der Waals surface area (Å²) in [7, 11) is 0. The molecule has 0 aliphatic heterocycles. The van der Waals surface area contributed by atoms with Crippen molar-refractivity contribution < 1.29 is 4.79 Å². The Morgan fingerprint density at radius 2 is 1.62 bits per heavy atom. The number of carbonyl (C=O) groups excluding carboxylic acids is 1. The largest absolute Gasteiger partial charge is 0.288 e. The monoisotopic (exact) mass is 276 g/mol. The zero-order valence-corrected chi connectivity index (χ0v) is 12.1. The highest BCUT2D eigenvalue weighted by molar-refractivity contribution is 6.08. The Morgan fingerprint density at radius 1 is 0.952 bits per heavy atom. The van der Waals surface area contributed by atoms with Crippen LogP contribution < -0.4 is 0 Å². The number of rotatable bonds is 3. The maximum absolute atomic E-state index is 12.5. The number of aromatic nitrogens is 2. The maximum atomic E-state index is 12.5. The third-order valence-corrected chi connectivity index (χ3v) is 3.35. The van der Waals surface area contributed by atoms with Crippen molar-refractivity contribution >= 4 is 5.78 Å². The quantitative estimate of drug-likeness (QED) is 0.683. The molecule has 0 spiro atoms. The zero-order valence-electron chi connectivity index (χ0n) is 12.1. The van der Waals surface area contributed by atoms with Crippen LogP contribution in [0.25, 0.3) is 5.69 Å². The van der Waals surface area contributed by atoms with Gasteiger partial charge in [-0.1, -0.05) is 35.4 Å². The SMILES string of the molecule is Cc1cc(C)cc(C(=O)c2cnn(-c3ccccc3)c2)c1. The molecule has 0 saturated heterocycles. The molecular weight excluding hydrogens is 260 g/mol. The second kappa shape index (κ2) is 5.37. The summed E-state index contributed by atoms with van der Waals surface area (Å²) in [6.45, 7) is 3.99. The molecule has 0 radical (unpaired) electrons. The van der Waals surface area contributed by atoms with E-state index in [1.807, 2.05) is 56.3 Å². The van der Waals surface area contributed by atoms with Crippen molar-refractivity contribution in [3.8, 4) is 5.69 Å². The fraction of sp³-hybridized carbons (Fsp3) is 0.111. The highest BCUT2D eigenvalue weighted by atomic mass is 16.1. The first-order valence-electron chi connectivity index (χ1n) is 6.86. The van der Waals surface area contributed by atoms with E-state index < -0.39 is 0 Å². The zero-order chi connectivity index (χ0) is 14.8. The van der Waals surface area contributed by atoms with Gasteiger partial charge in [-0.25, -0.2) is 4.68 Å². The highest BCUT2D eigenvalue weighted by Gasteiger charge is 2.12. The van der Waals surface area contributed by atoms with Gasteiger partial charge in [0.05, 0.1) is 17.4 Å². The minimum atomic E-state index is 0.00369. The van der Waals surface area contributed by atoms with E-state index in [1.54, 1.807) is 17.1 Å². The molecule has 0 aliphatic rings. The Kier molecular flexibility index (Phi) is 3.40. The van der Waals surface area contributed by atoms with E-state index in [2.05, 4.69) is 11.2 Å². The fourth-order valence-electron chi connectivity index (χ4n) is 2.43. The molecule has 3 nitrogen and oxygen atoms in total. The first kappa shape index (κ1) is 13.3. The van der Waals surface area contributed by atoms with Gasteiger partial charge in [0.1, 0.15) is 0 Å². The summed E-state index contributed by atoms with van der Waals surface area (Å²) in [5, 5.41) is 4.27. The van der Waals surface area contributed by atoms with Crippen LogP contribution in [0, 0.1) is 13.8 Å².